The van der Waals surface area contributed by atoms with Crippen molar-refractivity contribution in [2.24, 2.45) is 10.9 Å². The van der Waals surface area contributed by atoms with E-state index >= 15 is 0 Å². The van der Waals surface area contributed by atoms with E-state index in [1.165, 1.54) is 0 Å². The van der Waals surface area contributed by atoms with E-state index in [4.69, 9.17) is 10.6 Å². The fourth-order valence-corrected chi connectivity index (χ4v) is 1.95. The predicted molar refractivity (Wildman–Crippen MR) is 76.7 cm³/mol. The van der Waals surface area contributed by atoms with Gasteiger partial charge in [-0.15, -0.1) is 0 Å². The number of rotatable bonds is 4. The minimum Gasteiger partial charge on any atom is -0.489 e. The lowest BCUT2D eigenvalue weighted by Crippen LogP contribution is -1.97. The van der Waals surface area contributed by atoms with E-state index in [9.17, 15) is 0 Å². The highest BCUT2D eigenvalue weighted by atomic mass is 79.9. The molecule has 92 valence electrons. The largest absolute Gasteiger partial charge is 0.489 e. The summed E-state index contributed by atoms with van der Waals surface area (Å²) >= 11 is 3.49. The van der Waals surface area contributed by atoms with Crippen LogP contribution in [0.15, 0.2) is 58.1 Å². The van der Waals surface area contributed by atoms with Gasteiger partial charge in [-0.05, 0) is 23.8 Å². The molecule has 0 aliphatic heterocycles. The molecule has 0 saturated carbocycles. The Morgan fingerprint density at radius 1 is 1.17 bits per heavy atom. The zero-order chi connectivity index (χ0) is 12.8. The highest BCUT2D eigenvalue weighted by molar-refractivity contribution is 9.10. The van der Waals surface area contributed by atoms with Crippen LogP contribution < -0.4 is 10.6 Å². The molecule has 0 spiro atoms. The van der Waals surface area contributed by atoms with Crippen LogP contribution in [0.4, 0.5) is 0 Å². The molecule has 0 fully saturated rings. The second kappa shape index (κ2) is 6.21. The second-order valence-corrected chi connectivity index (χ2v) is 4.59. The topological polar surface area (TPSA) is 47.6 Å². The molecule has 2 rings (SSSR count). The van der Waals surface area contributed by atoms with Crippen LogP contribution in [-0.4, -0.2) is 6.21 Å². The van der Waals surface area contributed by atoms with Gasteiger partial charge in [-0.1, -0.05) is 46.3 Å². The lowest BCUT2D eigenvalue weighted by molar-refractivity contribution is 0.305. The molecule has 0 aliphatic carbocycles. The molecule has 0 unspecified atom stereocenters. The number of nitrogens with zero attached hydrogens (tertiary/aromatic N) is 1. The van der Waals surface area contributed by atoms with Gasteiger partial charge in [0.15, 0.2) is 0 Å². The number of hydrogen-bond acceptors (Lipinski definition) is 3. The van der Waals surface area contributed by atoms with Crippen LogP contribution in [0.5, 0.6) is 5.75 Å². The quantitative estimate of drug-likeness (QED) is 0.535. The SMILES string of the molecule is NN=Cc1cccc(OCc2ccccc2Br)c1. The first kappa shape index (κ1) is 12.6. The summed E-state index contributed by atoms with van der Waals surface area (Å²) < 4.78 is 6.77. The summed E-state index contributed by atoms with van der Waals surface area (Å²) in [5.41, 5.74) is 2.03. The van der Waals surface area contributed by atoms with E-state index in [0.717, 1.165) is 21.3 Å². The summed E-state index contributed by atoms with van der Waals surface area (Å²) in [5.74, 6) is 5.91. The van der Waals surface area contributed by atoms with Crippen molar-refractivity contribution in [1.82, 2.24) is 0 Å². The van der Waals surface area contributed by atoms with Gasteiger partial charge >= 0.3 is 0 Å². The number of halogens is 1. The number of nitrogens with two attached hydrogens (primary N) is 1. The monoisotopic (exact) mass is 304 g/mol. The zero-order valence-corrected chi connectivity index (χ0v) is 11.3. The Balaban J connectivity index is 2.06. The Labute approximate surface area is 114 Å². The maximum Gasteiger partial charge on any atom is 0.120 e. The van der Waals surface area contributed by atoms with E-state index in [2.05, 4.69) is 21.0 Å². The molecule has 4 heteroatoms. The summed E-state index contributed by atoms with van der Waals surface area (Å²) in [6.07, 6.45) is 1.59. The van der Waals surface area contributed by atoms with Gasteiger partial charge in [0.2, 0.25) is 0 Å². The van der Waals surface area contributed by atoms with Crippen LogP contribution >= 0.6 is 15.9 Å². The van der Waals surface area contributed by atoms with Crippen LogP contribution in [0, 0.1) is 0 Å². The smallest absolute Gasteiger partial charge is 0.120 e. The summed E-state index contributed by atoms with van der Waals surface area (Å²) in [7, 11) is 0. The maximum atomic E-state index is 5.73. The van der Waals surface area contributed by atoms with E-state index in [-0.39, 0.29) is 0 Å². The molecule has 0 atom stereocenters. The van der Waals surface area contributed by atoms with Gasteiger partial charge in [-0.25, -0.2) is 0 Å². The van der Waals surface area contributed by atoms with Crippen molar-refractivity contribution in [2.75, 3.05) is 0 Å². The minimum atomic E-state index is 0.518. The van der Waals surface area contributed by atoms with Crippen LogP contribution in [0.1, 0.15) is 11.1 Å². The van der Waals surface area contributed by atoms with Crippen molar-refractivity contribution in [2.45, 2.75) is 6.61 Å². The molecular weight excluding hydrogens is 292 g/mol. The molecular formula is C14H13BrN2O. The van der Waals surface area contributed by atoms with Gasteiger partial charge in [-0.2, -0.15) is 5.10 Å². The van der Waals surface area contributed by atoms with E-state index in [0.29, 0.717) is 6.61 Å². The summed E-state index contributed by atoms with van der Waals surface area (Å²) in [5, 5.41) is 3.49. The molecule has 2 aromatic carbocycles. The normalized spacial score (nSPS) is 10.7. The van der Waals surface area contributed by atoms with E-state index in [1.807, 2.05) is 48.5 Å². The van der Waals surface area contributed by atoms with Crippen molar-refractivity contribution in [3.05, 3.63) is 64.1 Å². The fourth-order valence-electron chi connectivity index (χ4n) is 1.55. The summed E-state index contributed by atoms with van der Waals surface area (Å²) in [6.45, 7) is 0.518. The van der Waals surface area contributed by atoms with E-state index in [1.54, 1.807) is 6.21 Å². The Hall–Kier alpha value is -1.81. The first-order chi connectivity index (χ1) is 8.79. The third kappa shape index (κ3) is 3.34. The molecule has 0 aliphatic rings. The van der Waals surface area contributed by atoms with Gasteiger partial charge in [0.25, 0.3) is 0 Å². The fraction of sp³-hybridized carbons (Fsp3) is 0.0714. The standard InChI is InChI=1S/C14H13BrN2O/c15-14-7-2-1-5-12(14)10-18-13-6-3-4-11(8-13)9-17-16/h1-9H,10,16H2. The molecule has 0 radical (unpaired) electrons. The van der Waals surface area contributed by atoms with Gasteiger partial charge < -0.3 is 10.6 Å². The Morgan fingerprint density at radius 2 is 2.00 bits per heavy atom. The maximum absolute atomic E-state index is 5.73. The summed E-state index contributed by atoms with van der Waals surface area (Å²) in [4.78, 5) is 0. The van der Waals surface area contributed by atoms with Crippen LogP contribution in [0.25, 0.3) is 0 Å². The molecule has 0 aromatic heterocycles. The number of ether oxygens (including phenoxy) is 1. The van der Waals surface area contributed by atoms with Crippen LogP contribution in [0.3, 0.4) is 0 Å². The molecule has 0 heterocycles. The second-order valence-electron chi connectivity index (χ2n) is 3.73. The number of hydrazone groups is 1. The molecule has 0 bridgehead atoms. The highest BCUT2D eigenvalue weighted by Gasteiger charge is 2.00. The van der Waals surface area contributed by atoms with Crippen molar-refractivity contribution >= 4 is 22.1 Å². The number of benzene rings is 2. The van der Waals surface area contributed by atoms with Crippen molar-refractivity contribution in [1.29, 1.82) is 0 Å². The van der Waals surface area contributed by atoms with Crippen LogP contribution in [0.2, 0.25) is 0 Å². The van der Waals surface area contributed by atoms with Gasteiger partial charge in [0.05, 0.1) is 6.21 Å². The van der Waals surface area contributed by atoms with E-state index < -0.39 is 0 Å². The molecule has 18 heavy (non-hydrogen) atoms. The van der Waals surface area contributed by atoms with Gasteiger partial charge in [0.1, 0.15) is 12.4 Å². The predicted octanol–water partition coefficient (Wildman–Crippen LogP) is 3.32. The average molecular weight is 305 g/mol. The van der Waals surface area contributed by atoms with Gasteiger partial charge in [0, 0.05) is 10.0 Å². The Kier molecular flexibility index (Phi) is 4.36. The first-order valence-electron chi connectivity index (χ1n) is 5.49. The van der Waals surface area contributed by atoms with Crippen LogP contribution in [-0.2, 0) is 6.61 Å². The summed E-state index contributed by atoms with van der Waals surface area (Å²) in [6, 6.07) is 15.6. The van der Waals surface area contributed by atoms with Crippen molar-refractivity contribution in [3.63, 3.8) is 0 Å². The van der Waals surface area contributed by atoms with Crippen molar-refractivity contribution in [3.8, 4) is 5.75 Å². The average Bonchev–Trinajstić information content (AvgIpc) is 2.39. The molecule has 0 amide bonds. The van der Waals surface area contributed by atoms with Crippen molar-refractivity contribution < 1.29 is 4.74 Å². The number of hydrogen-bond donors (Lipinski definition) is 1. The molecule has 3 nitrogen and oxygen atoms in total. The molecule has 0 saturated heterocycles. The lowest BCUT2D eigenvalue weighted by Gasteiger charge is -2.08. The molecule has 2 aromatic rings. The minimum absolute atomic E-state index is 0.518. The van der Waals surface area contributed by atoms with Gasteiger partial charge in [-0.3, -0.25) is 0 Å². The Bertz CT molecular complexity index is 555. The third-order valence-corrected chi connectivity index (χ3v) is 3.21. The highest BCUT2D eigenvalue weighted by Crippen LogP contribution is 2.19. The zero-order valence-electron chi connectivity index (χ0n) is 9.71. The third-order valence-electron chi connectivity index (χ3n) is 2.43. The first-order valence-corrected chi connectivity index (χ1v) is 6.28. The lowest BCUT2D eigenvalue weighted by atomic mass is 10.2. The Morgan fingerprint density at radius 3 is 2.78 bits per heavy atom. The molecule has 2 N–H and O–H groups in total.